The Hall–Kier alpha value is -3.73. The first-order valence-corrected chi connectivity index (χ1v) is 22.4. The van der Waals surface area contributed by atoms with Crippen LogP contribution in [0.4, 0.5) is 10.1 Å². The Morgan fingerprint density at radius 2 is 1.29 bits per heavy atom. The predicted molar refractivity (Wildman–Crippen MR) is 209 cm³/mol. The van der Waals surface area contributed by atoms with Gasteiger partial charge >= 0.3 is 5.97 Å². The van der Waals surface area contributed by atoms with Gasteiger partial charge in [-0.25, -0.2) is 30.7 Å². The summed E-state index contributed by atoms with van der Waals surface area (Å²) in [5, 5.41) is 18.8. The third-order valence-electron chi connectivity index (χ3n) is 9.98. The quantitative estimate of drug-likeness (QED) is 0.0790. The molecule has 12 nitrogen and oxygen atoms in total. The first-order chi connectivity index (χ1) is 26.1. The van der Waals surface area contributed by atoms with E-state index >= 15 is 0 Å². The number of aliphatic hydroxyl groups is 2. The maximum absolute atomic E-state index is 13.9. The minimum Gasteiger partial charge on any atom is -0.458 e. The summed E-state index contributed by atoms with van der Waals surface area (Å²) in [5.74, 6) is -1.73. The van der Waals surface area contributed by atoms with Gasteiger partial charge in [0.2, 0.25) is 26.0 Å². The van der Waals surface area contributed by atoms with Crippen molar-refractivity contribution in [1.29, 1.82) is 0 Å². The average molecular weight is 804 g/mol. The fraction of sp³-hybridized carbons (Fsp3) is 0.500. The van der Waals surface area contributed by atoms with Crippen LogP contribution in [0.25, 0.3) is 0 Å². The van der Waals surface area contributed by atoms with Crippen molar-refractivity contribution in [1.82, 2.24) is 9.44 Å². The van der Waals surface area contributed by atoms with Crippen molar-refractivity contribution in [2.24, 2.45) is 17.8 Å². The molecule has 0 unspecified atom stereocenters. The summed E-state index contributed by atoms with van der Waals surface area (Å²) in [6.07, 6.45) is 6.47. The second-order valence-corrected chi connectivity index (χ2v) is 18.2. The monoisotopic (exact) mass is 803 g/mol. The second-order valence-electron chi connectivity index (χ2n) is 14.5. The van der Waals surface area contributed by atoms with E-state index in [1.54, 1.807) is 17.0 Å². The summed E-state index contributed by atoms with van der Waals surface area (Å²) in [6.45, 7) is 1.43. The predicted octanol–water partition coefficient (Wildman–Crippen LogP) is 4.58. The molecule has 3 aromatic carbocycles. The Morgan fingerprint density at radius 3 is 1.78 bits per heavy atom. The highest BCUT2D eigenvalue weighted by Crippen LogP contribution is 2.46. The van der Waals surface area contributed by atoms with E-state index in [1.807, 2.05) is 48.5 Å². The number of carbonyl (C=O) groups is 2. The molecule has 1 aliphatic rings. The molecular weight excluding hydrogens is 750 g/mol. The van der Waals surface area contributed by atoms with Crippen LogP contribution < -0.4 is 14.3 Å². The molecule has 1 fully saturated rings. The van der Waals surface area contributed by atoms with Crippen molar-refractivity contribution in [3.63, 3.8) is 0 Å². The lowest BCUT2D eigenvalue weighted by Gasteiger charge is -2.48. The van der Waals surface area contributed by atoms with Crippen LogP contribution in [-0.2, 0) is 47.2 Å². The van der Waals surface area contributed by atoms with Gasteiger partial charge in [0.1, 0.15) is 11.9 Å². The number of esters is 1. The van der Waals surface area contributed by atoms with Crippen molar-refractivity contribution in [2.75, 3.05) is 43.7 Å². The zero-order valence-electron chi connectivity index (χ0n) is 31.7. The highest BCUT2D eigenvalue weighted by atomic mass is 32.2. The fourth-order valence-electron chi connectivity index (χ4n) is 6.95. The maximum Gasteiger partial charge on any atom is 0.303 e. The second kappa shape index (κ2) is 20.4. The Bertz CT molecular complexity index is 1870. The normalized spacial score (nSPS) is 16.7. The van der Waals surface area contributed by atoms with E-state index in [0.717, 1.165) is 47.7 Å². The van der Waals surface area contributed by atoms with Gasteiger partial charge in [-0.2, -0.15) is 0 Å². The zero-order valence-corrected chi connectivity index (χ0v) is 33.3. The van der Waals surface area contributed by atoms with E-state index in [9.17, 15) is 41.0 Å². The lowest BCUT2D eigenvalue weighted by Crippen LogP contribution is -2.55. The number of ether oxygens (including phenoxy) is 1. The lowest BCUT2D eigenvalue weighted by atomic mass is 9.78. The molecule has 1 aliphatic heterocycles. The van der Waals surface area contributed by atoms with Crippen LogP contribution in [0.5, 0.6) is 0 Å². The van der Waals surface area contributed by atoms with Crippen molar-refractivity contribution in [3.05, 3.63) is 101 Å². The molecule has 55 heavy (non-hydrogen) atoms. The van der Waals surface area contributed by atoms with E-state index in [2.05, 4.69) is 9.44 Å². The zero-order chi connectivity index (χ0) is 40.2. The Labute approximate surface area is 324 Å². The van der Waals surface area contributed by atoms with E-state index in [0.29, 0.717) is 44.1 Å². The molecule has 0 saturated carbocycles. The topological polar surface area (TPSA) is 179 Å². The average Bonchev–Trinajstić information content (AvgIpc) is 3.13. The summed E-state index contributed by atoms with van der Waals surface area (Å²) >= 11 is 0. The van der Waals surface area contributed by atoms with Crippen LogP contribution in [0.3, 0.4) is 0 Å². The Balaban J connectivity index is 1.49. The standard InChI is InChI=1S/C40H54FN3O9S2/c1-28(47)53-38(33-16-18-35(41)19-17-33)23-22-37-39(34-14-10-29(11-15-34)7-5-9-32(26-45)27-46)44(40(37)48)36-20-12-30(13-21-36)6-4-8-31(24-42-54(2,49)50)25-43-55(3,51)52/h10-21,31-32,37-39,42-43,45-46H,4-9,22-27H2,1-3H3/t37-,38+,39-/m1/s1. The number of hydrogen-bond donors (Lipinski definition) is 4. The molecule has 0 bridgehead atoms. The molecule has 15 heteroatoms. The van der Waals surface area contributed by atoms with Crippen LogP contribution in [0.2, 0.25) is 0 Å². The van der Waals surface area contributed by atoms with Gasteiger partial charge in [0.15, 0.2) is 0 Å². The highest BCUT2D eigenvalue weighted by molar-refractivity contribution is 7.89. The summed E-state index contributed by atoms with van der Waals surface area (Å²) in [4.78, 5) is 27.7. The molecule has 4 rings (SSSR count). The molecular formula is C40H54FN3O9S2. The van der Waals surface area contributed by atoms with Gasteiger partial charge in [-0.1, -0.05) is 48.5 Å². The van der Waals surface area contributed by atoms with Crippen molar-refractivity contribution in [2.45, 2.75) is 70.4 Å². The van der Waals surface area contributed by atoms with Crippen LogP contribution in [0, 0.1) is 23.6 Å². The molecule has 3 aromatic rings. The minimum atomic E-state index is -3.44. The SMILES string of the molecule is CC(=O)O[C@@H](CC[C@H]1C(=O)N(c2ccc(CCCC(CNS(C)(=O)=O)CNS(C)(=O)=O)cc2)[C@@H]1c1ccc(CCCC(CO)CO)cc1)c1ccc(F)cc1. The van der Waals surface area contributed by atoms with Gasteiger partial charge < -0.3 is 19.8 Å². The Kier molecular flexibility index (Phi) is 16.3. The molecule has 0 aromatic heterocycles. The largest absolute Gasteiger partial charge is 0.458 e. The van der Waals surface area contributed by atoms with E-state index in [4.69, 9.17) is 4.74 Å². The molecule has 3 atom stereocenters. The van der Waals surface area contributed by atoms with Crippen LogP contribution in [-0.4, -0.2) is 77.7 Å². The minimum absolute atomic E-state index is 0.0562. The number of sulfonamides is 2. The number of nitrogens with zero attached hydrogens (tertiary/aromatic N) is 1. The molecule has 1 saturated heterocycles. The number of aliphatic hydroxyl groups excluding tert-OH is 2. The molecule has 1 amide bonds. The number of hydrogen-bond acceptors (Lipinski definition) is 9. The fourth-order valence-corrected chi connectivity index (χ4v) is 8.03. The van der Waals surface area contributed by atoms with Crippen LogP contribution in [0.15, 0.2) is 72.8 Å². The van der Waals surface area contributed by atoms with Gasteiger partial charge in [-0.05, 0) is 104 Å². The van der Waals surface area contributed by atoms with Gasteiger partial charge in [0, 0.05) is 44.8 Å². The third kappa shape index (κ3) is 14.1. The van der Waals surface area contributed by atoms with Crippen molar-refractivity contribution >= 4 is 37.6 Å². The van der Waals surface area contributed by atoms with Gasteiger partial charge in [-0.3, -0.25) is 9.59 Å². The van der Waals surface area contributed by atoms with Crippen molar-refractivity contribution < 1.29 is 45.8 Å². The summed E-state index contributed by atoms with van der Waals surface area (Å²) in [7, 11) is -6.88. The molecule has 4 N–H and O–H groups in total. The summed E-state index contributed by atoms with van der Waals surface area (Å²) in [5.41, 5.74) is 4.42. The molecule has 0 aliphatic carbocycles. The number of anilines is 1. The summed E-state index contributed by atoms with van der Waals surface area (Å²) in [6, 6.07) is 21.3. The number of carbonyl (C=O) groups excluding carboxylic acids is 2. The van der Waals surface area contributed by atoms with Gasteiger partial charge in [0.25, 0.3) is 0 Å². The van der Waals surface area contributed by atoms with Gasteiger partial charge in [0.05, 0.1) is 24.5 Å². The number of β-lactam (4-membered cyclic amide) rings is 1. The third-order valence-corrected chi connectivity index (χ3v) is 11.4. The van der Waals surface area contributed by atoms with Gasteiger partial charge in [-0.15, -0.1) is 0 Å². The maximum atomic E-state index is 13.9. The van der Waals surface area contributed by atoms with E-state index in [1.165, 1.54) is 19.1 Å². The number of nitrogens with one attached hydrogen (secondary N) is 2. The molecule has 0 radical (unpaired) electrons. The first-order valence-electron chi connectivity index (χ1n) is 18.6. The van der Waals surface area contributed by atoms with Crippen LogP contribution >= 0.6 is 0 Å². The van der Waals surface area contributed by atoms with Crippen LogP contribution in [0.1, 0.15) is 79.8 Å². The molecule has 0 spiro atoms. The number of halogens is 1. The number of amides is 1. The number of aryl methyl sites for hydroxylation is 2. The van der Waals surface area contributed by atoms with Crippen molar-refractivity contribution in [3.8, 4) is 0 Å². The lowest BCUT2D eigenvalue weighted by molar-refractivity contribution is -0.147. The first kappa shape index (κ1) is 44.0. The van der Waals surface area contributed by atoms with E-state index in [-0.39, 0.29) is 50.1 Å². The number of rotatable bonds is 23. The molecule has 1 heterocycles. The number of benzene rings is 3. The Morgan fingerprint density at radius 1 is 0.782 bits per heavy atom. The highest BCUT2D eigenvalue weighted by Gasteiger charge is 2.48. The smallest absolute Gasteiger partial charge is 0.303 e. The summed E-state index contributed by atoms with van der Waals surface area (Å²) < 4.78 is 70.8. The van der Waals surface area contributed by atoms with E-state index < -0.39 is 43.9 Å². The molecule has 302 valence electrons.